The summed E-state index contributed by atoms with van der Waals surface area (Å²) in [5, 5.41) is 2.72. The molecular formula is C16H17NO5. The number of rotatable bonds is 4. The Morgan fingerprint density at radius 1 is 1.18 bits per heavy atom. The fourth-order valence-corrected chi connectivity index (χ4v) is 2.52. The van der Waals surface area contributed by atoms with Crippen LogP contribution in [-0.2, 0) is 36.6 Å². The van der Waals surface area contributed by atoms with E-state index >= 15 is 0 Å². The van der Waals surface area contributed by atoms with Crippen LogP contribution in [0.4, 0.5) is 5.69 Å². The molecule has 1 aliphatic carbocycles. The molecule has 0 atom stereocenters. The number of anilines is 1. The van der Waals surface area contributed by atoms with E-state index in [2.05, 4.69) is 5.32 Å². The van der Waals surface area contributed by atoms with Crippen LogP contribution in [0, 0.1) is 0 Å². The molecule has 0 aromatic heterocycles. The van der Waals surface area contributed by atoms with Crippen molar-refractivity contribution in [3.63, 3.8) is 0 Å². The minimum absolute atomic E-state index is 0.0171. The van der Waals surface area contributed by atoms with E-state index in [1.54, 1.807) is 0 Å². The third-order valence-corrected chi connectivity index (χ3v) is 3.57. The van der Waals surface area contributed by atoms with Crippen molar-refractivity contribution in [2.75, 3.05) is 25.1 Å². The summed E-state index contributed by atoms with van der Waals surface area (Å²) in [5.41, 5.74) is 3.33. The van der Waals surface area contributed by atoms with Crippen molar-refractivity contribution < 1.29 is 23.8 Å². The first-order chi connectivity index (χ1) is 10.7. The SMILES string of the molecule is O=C(COC(=O)C1=COCCO1)Nc1ccc2c(c1)CCC2. The lowest BCUT2D eigenvalue weighted by Gasteiger charge is -2.14. The highest BCUT2D eigenvalue weighted by Crippen LogP contribution is 2.24. The van der Waals surface area contributed by atoms with Crippen molar-refractivity contribution in [1.29, 1.82) is 0 Å². The summed E-state index contributed by atoms with van der Waals surface area (Å²) in [6.45, 7) is 0.328. The van der Waals surface area contributed by atoms with Gasteiger partial charge < -0.3 is 19.5 Å². The minimum Gasteiger partial charge on any atom is -0.493 e. The third kappa shape index (κ3) is 3.39. The van der Waals surface area contributed by atoms with Crippen LogP contribution in [0.5, 0.6) is 0 Å². The number of carbonyl (C=O) groups excluding carboxylic acids is 2. The number of benzene rings is 1. The van der Waals surface area contributed by atoms with Gasteiger partial charge in [0.2, 0.25) is 5.76 Å². The molecule has 1 heterocycles. The van der Waals surface area contributed by atoms with Gasteiger partial charge in [0.25, 0.3) is 5.91 Å². The molecule has 1 amide bonds. The maximum Gasteiger partial charge on any atom is 0.377 e. The van der Waals surface area contributed by atoms with Crippen molar-refractivity contribution in [2.45, 2.75) is 19.3 Å². The molecule has 22 heavy (non-hydrogen) atoms. The first kappa shape index (κ1) is 14.4. The van der Waals surface area contributed by atoms with Crippen molar-refractivity contribution in [3.05, 3.63) is 41.3 Å². The minimum atomic E-state index is -0.705. The van der Waals surface area contributed by atoms with Gasteiger partial charge in [-0.1, -0.05) is 6.07 Å². The lowest BCUT2D eigenvalue weighted by Crippen LogP contribution is -2.23. The summed E-state index contributed by atoms with van der Waals surface area (Å²) < 4.78 is 14.9. The molecule has 0 saturated carbocycles. The van der Waals surface area contributed by atoms with Crippen LogP contribution < -0.4 is 5.32 Å². The Morgan fingerprint density at radius 3 is 2.86 bits per heavy atom. The number of amides is 1. The zero-order valence-electron chi connectivity index (χ0n) is 12.1. The normalized spacial score (nSPS) is 15.9. The molecule has 0 saturated heterocycles. The van der Waals surface area contributed by atoms with Gasteiger partial charge in [-0.05, 0) is 42.5 Å². The zero-order valence-corrected chi connectivity index (χ0v) is 12.1. The number of hydrogen-bond acceptors (Lipinski definition) is 5. The Bertz CT molecular complexity index is 623. The van der Waals surface area contributed by atoms with Crippen molar-refractivity contribution >= 4 is 17.6 Å². The maximum atomic E-state index is 11.8. The molecule has 1 N–H and O–H groups in total. The number of aryl methyl sites for hydroxylation is 2. The van der Waals surface area contributed by atoms with Gasteiger partial charge in [-0.25, -0.2) is 4.79 Å². The molecule has 0 fully saturated rings. The van der Waals surface area contributed by atoms with Crippen LogP contribution in [-0.4, -0.2) is 31.7 Å². The predicted molar refractivity (Wildman–Crippen MR) is 78.0 cm³/mol. The standard InChI is InChI=1S/C16H17NO5/c18-15(10-22-16(19)14-9-20-6-7-21-14)17-13-5-4-11-2-1-3-12(11)8-13/h4-5,8-9H,1-3,6-7,10H2,(H,17,18). The molecular weight excluding hydrogens is 286 g/mol. The van der Waals surface area contributed by atoms with E-state index in [9.17, 15) is 9.59 Å². The van der Waals surface area contributed by atoms with Gasteiger partial charge in [0.15, 0.2) is 6.61 Å². The van der Waals surface area contributed by atoms with Gasteiger partial charge in [-0.3, -0.25) is 4.79 Å². The van der Waals surface area contributed by atoms with E-state index in [1.807, 2.05) is 18.2 Å². The van der Waals surface area contributed by atoms with E-state index in [0.29, 0.717) is 13.2 Å². The molecule has 3 rings (SSSR count). The highest BCUT2D eigenvalue weighted by Gasteiger charge is 2.18. The maximum absolute atomic E-state index is 11.8. The van der Waals surface area contributed by atoms with E-state index in [-0.39, 0.29) is 18.3 Å². The molecule has 6 heteroatoms. The lowest BCUT2D eigenvalue weighted by molar-refractivity contribution is -0.148. The van der Waals surface area contributed by atoms with E-state index in [0.717, 1.165) is 24.9 Å². The number of fused-ring (bicyclic) bond motifs is 1. The molecule has 0 unspecified atom stereocenters. The van der Waals surface area contributed by atoms with Gasteiger partial charge in [0.05, 0.1) is 0 Å². The first-order valence-electron chi connectivity index (χ1n) is 7.26. The second kappa shape index (κ2) is 6.51. The first-order valence-corrected chi connectivity index (χ1v) is 7.26. The Morgan fingerprint density at radius 2 is 2.05 bits per heavy atom. The van der Waals surface area contributed by atoms with Crippen LogP contribution in [0.1, 0.15) is 17.5 Å². The second-order valence-electron chi connectivity index (χ2n) is 5.16. The predicted octanol–water partition coefficient (Wildman–Crippen LogP) is 1.55. The van der Waals surface area contributed by atoms with Crippen LogP contribution in [0.2, 0.25) is 0 Å². The average molecular weight is 303 g/mol. The number of nitrogens with one attached hydrogen (secondary N) is 1. The monoisotopic (exact) mass is 303 g/mol. The summed E-state index contributed by atoms with van der Waals surface area (Å²) in [7, 11) is 0. The lowest BCUT2D eigenvalue weighted by atomic mass is 10.1. The van der Waals surface area contributed by atoms with Crippen LogP contribution >= 0.6 is 0 Å². The highest BCUT2D eigenvalue weighted by atomic mass is 16.6. The zero-order chi connectivity index (χ0) is 15.4. The number of esters is 1. The Kier molecular flexibility index (Phi) is 4.27. The molecule has 0 radical (unpaired) electrons. The summed E-state index contributed by atoms with van der Waals surface area (Å²) in [6, 6.07) is 5.87. The molecule has 116 valence electrons. The molecule has 1 aromatic carbocycles. The Hall–Kier alpha value is -2.50. The van der Waals surface area contributed by atoms with Crippen molar-refractivity contribution in [1.82, 2.24) is 0 Å². The van der Waals surface area contributed by atoms with Gasteiger partial charge in [-0.15, -0.1) is 0 Å². The van der Waals surface area contributed by atoms with Crippen molar-refractivity contribution in [2.24, 2.45) is 0 Å². The smallest absolute Gasteiger partial charge is 0.377 e. The quantitative estimate of drug-likeness (QED) is 0.854. The number of carbonyl (C=O) groups is 2. The van der Waals surface area contributed by atoms with Gasteiger partial charge >= 0.3 is 5.97 Å². The summed E-state index contributed by atoms with van der Waals surface area (Å²) in [5.74, 6) is -1.11. The van der Waals surface area contributed by atoms with Gasteiger partial charge in [0, 0.05) is 5.69 Å². The van der Waals surface area contributed by atoms with Gasteiger partial charge in [0.1, 0.15) is 19.5 Å². The third-order valence-electron chi connectivity index (χ3n) is 3.57. The highest BCUT2D eigenvalue weighted by molar-refractivity contribution is 5.94. The van der Waals surface area contributed by atoms with E-state index in [1.165, 1.54) is 17.4 Å². The van der Waals surface area contributed by atoms with Gasteiger partial charge in [-0.2, -0.15) is 0 Å². The largest absolute Gasteiger partial charge is 0.493 e. The molecule has 1 aliphatic heterocycles. The van der Waals surface area contributed by atoms with E-state index < -0.39 is 5.97 Å². The van der Waals surface area contributed by atoms with Crippen LogP contribution in [0.15, 0.2) is 30.2 Å². The summed E-state index contributed by atoms with van der Waals surface area (Å²) >= 11 is 0. The molecule has 0 bridgehead atoms. The van der Waals surface area contributed by atoms with Crippen LogP contribution in [0.3, 0.4) is 0 Å². The Labute approximate surface area is 128 Å². The van der Waals surface area contributed by atoms with E-state index in [4.69, 9.17) is 14.2 Å². The molecule has 6 nitrogen and oxygen atoms in total. The Balaban J connectivity index is 1.50. The average Bonchev–Trinajstić information content (AvgIpc) is 3.01. The number of hydrogen-bond donors (Lipinski definition) is 1. The summed E-state index contributed by atoms with van der Waals surface area (Å²) in [4.78, 5) is 23.5. The van der Waals surface area contributed by atoms with Crippen LogP contribution in [0.25, 0.3) is 0 Å². The summed E-state index contributed by atoms with van der Waals surface area (Å²) in [6.07, 6.45) is 4.49. The fourth-order valence-electron chi connectivity index (χ4n) is 2.52. The second-order valence-corrected chi connectivity index (χ2v) is 5.16. The molecule has 0 spiro atoms. The molecule has 1 aromatic rings. The van der Waals surface area contributed by atoms with Crippen molar-refractivity contribution in [3.8, 4) is 0 Å². The fraction of sp³-hybridized carbons (Fsp3) is 0.375. The molecule has 2 aliphatic rings. The number of ether oxygens (including phenoxy) is 3. The topological polar surface area (TPSA) is 73.9 Å².